The van der Waals surface area contributed by atoms with E-state index >= 15 is 0 Å². The number of anilines is 2. The van der Waals surface area contributed by atoms with Gasteiger partial charge in [-0.1, -0.05) is 0 Å². The zero-order chi connectivity index (χ0) is 15.8. The number of Topliss-reactive ketones (excluding diaryl/α,β-unsaturated/α-hetero) is 1. The number of benzene rings is 2. The van der Waals surface area contributed by atoms with Crippen LogP contribution in [0.2, 0.25) is 0 Å². The van der Waals surface area contributed by atoms with Crippen LogP contribution in [0, 0.1) is 0 Å². The van der Waals surface area contributed by atoms with Crippen molar-refractivity contribution in [2.24, 2.45) is 0 Å². The maximum absolute atomic E-state index is 12.0. The number of hydrogen-bond donors (Lipinski definition) is 0. The Labute approximate surface area is 134 Å². The number of aldehydes is 1. The largest absolute Gasteiger partial charge is 0.490 e. The highest BCUT2D eigenvalue weighted by atomic mass is 16.5. The lowest BCUT2D eigenvalue weighted by Crippen LogP contribution is -2.29. The Morgan fingerprint density at radius 2 is 2.00 bits per heavy atom. The van der Waals surface area contributed by atoms with Gasteiger partial charge in [-0.05, 0) is 54.8 Å². The average Bonchev–Trinajstić information content (AvgIpc) is 2.60. The van der Waals surface area contributed by atoms with Crippen LogP contribution in [0.1, 0.15) is 39.1 Å². The van der Waals surface area contributed by atoms with Crippen LogP contribution >= 0.6 is 0 Å². The minimum atomic E-state index is 0.246. The summed E-state index contributed by atoms with van der Waals surface area (Å²) in [5.41, 5.74) is 4.65. The highest BCUT2D eigenvalue weighted by molar-refractivity contribution is 5.99. The molecule has 1 aliphatic heterocycles. The van der Waals surface area contributed by atoms with Crippen LogP contribution < -0.4 is 9.64 Å². The van der Waals surface area contributed by atoms with E-state index in [0.29, 0.717) is 18.6 Å². The second-order valence-corrected chi connectivity index (χ2v) is 5.96. The Balaban J connectivity index is 1.75. The first-order valence-electron chi connectivity index (χ1n) is 7.92. The maximum atomic E-state index is 12.0. The SMILES string of the molecule is O=Cc1ccc2c(c1)OCCN2c1ccc2c(c1)CCCC2=O. The number of nitrogens with zero attached hydrogens (tertiary/aromatic N) is 1. The zero-order valence-electron chi connectivity index (χ0n) is 12.7. The normalized spacial score (nSPS) is 16.3. The molecule has 0 amide bonds. The summed E-state index contributed by atoms with van der Waals surface area (Å²) >= 11 is 0. The molecule has 23 heavy (non-hydrogen) atoms. The van der Waals surface area contributed by atoms with Gasteiger partial charge in [-0.25, -0.2) is 0 Å². The molecular weight excluding hydrogens is 290 g/mol. The number of carbonyl (C=O) groups is 2. The summed E-state index contributed by atoms with van der Waals surface area (Å²) in [5, 5.41) is 0. The summed E-state index contributed by atoms with van der Waals surface area (Å²) in [7, 11) is 0. The molecule has 0 saturated heterocycles. The summed E-state index contributed by atoms with van der Waals surface area (Å²) in [6.07, 6.45) is 3.36. The third-order valence-corrected chi connectivity index (χ3v) is 4.53. The molecule has 0 fully saturated rings. The van der Waals surface area contributed by atoms with E-state index in [2.05, 4.69) is 11.0 Å². The van der Waals surface area contributed by atoms with Crippen molar-refractivity contribution in [1.82, 2.24) is 0 Å². The standard InChI is InChI=1S/C19H17NO3/c21-12-13-4-7-17-19(10-13)23-9-8-20(17)15-5-6-16-14(11-15)2-1-3-18(16)22/h4-7,10-12H,1-3,8-9H2. The predicted molar refractivity (Wildman–Crippen MR) is 88.0 cm³/mol. The highest BCUT2D eigenvalue weighted by Crippen LogP contribution is 2.38. The van der Waals surface area contributed by atoms with E-state index in [-0.39, 0.29) is 5.78 Å². The van der Waals surface area contributed by atoms with Crippen LogP contribution in [0.25, 0.3) is 0 Å². The first kappa shape index (κ1) is 14.0. The molecular formula is C19H17NO3. The van der Waals surface area contributed by atoms with Crippen LogP contribution in [0.15, 0.2) is 36.4 Å². The molecule has 2 aromatic rings. The smallest absolute Gasteiger partial charge is 0.163 e. The summed E-state index contributed by atoms with van der Waals surface area (Å²) in [5.74, 6) is 0.977. The lowest BCUT2D eigenvalue weighted by molar-refractivity contribution is 0.0972. The summed E-state index contributed by atoms with van der Waals surface area (Å²) < 4.78 is 5.69. The van der Waals surface area contributed by atoms with Crippen molar-refractivity contribution >= 4 is 23.4 Å². The number of ketones is 1. The lowest BCUT2D eigenvalue weighted by Gasteiger charge is -2.32. The quantitative estimate of drug-likeness (QED) is 0.796. The second-order valence-electron chi connectivity index (χ2n) is 5.96. The van der Waals surface area contributed by atoms with Gasteiger partial charge in [-0.15, -0.1) is 0 Å². The van der Waals surface area contributed by atoms with Crippen LogP contribution in [0.5, 0.6) is 5.75 Å². The van der Waals surface area contributed by atoms with Gasteiger partial charge in [-0.2, -0.15) is 0 Å². The summed E-state index contributed by atoms with van der Waals surface area (Å²) in [4.78, 5) is 25.1. The van der Waals surface area contributed by atoms with Crippen molar-refractivity contribution in [3.63, 3.8) is 0 Å². The van der Waals surface area contributed by atoms with E-state index in [1.165, 1.54) is 0 Å². The molecule has 4 nitrogen and oxygen atoms in total. The van der Waals surface area contributed by atoms with Gasteiger partial charge in [0.25, 0.3) is 0 Å². The van der Waals surface area contributed by atoms with Crippen LogP contribution in [0.3, 0.4) is 0 Å². The van der Waals surface area contributed by atoms with Gasteiger partial charge in [0, 0.05) is 23.2 Å². The monoisotopic (exact) mass is 307 g/mol. The van der Waals surface area contributed by atoms with E-state index < -0.39 is 0 Å². The Kier molecular flexibility index (Phi) is 3.37. The van der Waals surface area contributed by atoms with Gasteiger partial charge < -0.3 is 9.64 Å². The number of ether oxygens (including phenoxy) is 1. The molecule has 116 valence electrons. The molecule has 0 aromatic heterocycles. The Hall–Kier alpha value is -2.62. The Bertz CT molecular complexity index is 797. The third-order valence-electron chi connectivity index (χ3n) is 4.53. The maximum Gasteiger partial charge on any atom is 0.163 e. The average molecular weight is 307 g/mol. The molecule has 4 rings (SSSR count). The molecule has 0 unspecified atom stereocenters. The van der Waals surface area contributed by atoms with Crippen molar-refractivity contribution in [2.45, 2.75) is 19.3 Å². The third kappa shape index (κ3) is 2.40. The van der Waals surface area contributed by atoms with Crippen molar-refractivity contribution in [1.29, 1.82) is 0 Å². The molecule has 1 heterocycles. The predicted octanol–water partition coefficient (Wildman–Crippen LogP) is 3.55. The van der Waals surface area contributed by atoms with Crippen LogP contribution in [0.4, 0.5) is 11.4 Å². The molecule has 0 radical (unpaired) electrons. The fraction of sp³-hybridized carbons (Fsp3) is 0.263. The molecule has 0 saturated carbocycles. The molecule has 4 heteroatoms. The van der Waals surface area contributed by atoms with Crippen molar-refractivity contribution in [3.05, 3.63) is 53.1 Å². The molecule has 2 aromatic carbocycles. The zero-order valence-corrected chi connectivity index (χ0v) is 12.7. The summed E-state index contributed by atoms with van der Waals surface area (Å²) in [6, 6.07) is 11.6. The Morgan fingerprint density at radius 3 is 2.87 bits per heavy atom. The Morgan fingerprint density at radius 1 is 1.09 bits per heavy atom. The van der Waals surface area contributed by atoms with Crippen molar-refractivity contribution in [2.75, 3.05) is 18.1 Å². The number of carbonyl (C=O) groups excluding carboxylic acids is 2. The van der Waals surface area contributed by atoms with Crippen LogP contribution in [-0.2, 0) is 6.42 Å². The van der Waals surface area contributed by atoms with E-state index in [1.54, 1.807) is 12.1 Å². The van der Waals surface area contributed by atoms with Crippen molar-refractivity contribution in [3.8, 4) is 5.75 Å². The van der Waals surface area contributed by atoms with Gasteiger partial charge >= 0.3 is 0 Å². The second kappa shape index (κ2) is 5.54. The number of aryl methyl sites for hydroxylation is 1. The molecule has 1 aliphatic carbocycles. The minimum Gasteiger partial charge on any atom is -0.490 e. The summed E-state index contributed by atoms with van der Waals surface area (Å²) in [6.45, 7) is 1.32. The molecule has 0 spiro atoms. The van der Waals surface area contributed by atoms with Crippen molar-refractivity contribution < 1.29 is 14.3 Å². The molecule has 2 aliphatic rings. The van der Waals surface area contributed by atoms with Gasteiger partial charge in [0.15, 0.2) is 5.78 Å². The highest BCUT2D eigenvalue weighted by Gasteiger charge is 2.22. The molecule has 0 bridgehead atoms. The number of fused-ring (bicyclic) bond motifs is 2. The number of rotatable bonds is 2. The topological polar surface area (TPSA) is 46.6 Å². The fourth-order valence-electron chi connectivity index (χ4n) is 3.38. The fourth-order valence-corrected chi connectivity index (χ4v) is 3.38. The number of hydrogen-bond acceptors (Lipinski definition) is 4. The van der Waals surface area contributed by atoms with Gasteiger partial charge in [0.05, 0.1) is 12.2 Å². The first-order chi connectivity index (χ1) is 11.3. The molecule has 0 atom stereocenters. The van der Waals surface area contributed by atoms with E-state index in [4.69, 9.17) is 4.74 Å². The molecule has 0 N–H and O–H groups in total. The van der Waals surface area contributed by atoms with E-state index in [1.807, 2.05) is 18.2 Å². The lowest BCUT2D eigenvalue weighted by atomic mass is 9.90. The van der Waals surface area contributed by atoms with Gasteiger partial charge in [0.2, 0.25) is 0 Å². The first-order valence-corrected chi connectivity index (χ1v) is 7.92. The van der Waals surface area contributed by atoms with E-state index in [0.717, 1.165) is 53.9 Å². The van der Waals surface area contributed by atoms with Crippen LogP contribution in [-0.4, -0.2) is 25.2 Å². The van der Waals surface area contributed by atoms with Gasteiger partial charge in [-0.3, -0.25) is 9.59 Å². The minimum absolute atomic E-state index is 0.246. The van der Waals surface area contributed by atoms with Gasteiger partial charge in [0.1, 0.15) is 18.6 Å². The van der Waals surface area contributed by atoms with E-state index in [9.17, 15) is 9.59 Å².